The van der Waals surface area contributed by atoms with Gasteiger partial charge in [-0.1, -0.05) is 0 Å². The van der Waals surface area contributed by atoms with E-state index >= 15 is 0 Å². The standard InChI is InChI=1S/C11H15N3O3/c1-17-9-4-5-13(7-9)11-3-2-8(14(15)16)6-10(11)12/h2-3,6,9H,4-5,7,12H2,1H3. The Balaban J connectivity index is 2.20. The molecule has 1 aliphatic heterocycles. The maximum atomic E-state index is 10.6. The van der Waals surface area contributed by atoms with Crippen LogP contribution in [0.5, 0.6) is 0 Å². The van der Waals surface area contributed by atoms with Crippen molar-refractivity contribution in [1.29, 1.82) is 0 Å². The van der Waals surface area contributed by atoms with Crippen molar-refractivity contribution >= 4 is 17.1 Å². The number of ether oxygens (including phenoxy) is 1. The molecule has 1 aromatic rings. The number of rotatable bonds is 3. The minimum Gasteiger partial charge on any atom is -0.397 e. The van der Waals surface area contributed by atoms with Gasteiger partial charge in [-0.3, -0.25) is 10.1 Å². The molecule has 1 fully saturated rings. The largest absolute Gasteiger partial charge is 0.397 e. The minimum atomic E-state index is -0.442. The minimum absolute atomic E-state index is 0.0220. The lowest BCUT2D eigenvalue weighted by molar-refractivity contribution is -0.384. The summed E-state index contributed by atoms with van der Waals surface area (Å²) in [5, 5.41) is 10.6. The Morgan fingerprint density at radius 2 is 2.35 bits per heavy atom. The zero-order valence-electron chi connectivity index (χ0n) is 9.63. The van der Waals surface area contributed by atoms with E-state index in [-0.39, 0.29) is 11.8 Å². The Morgan fingerprint density at radius 1 is 1.59 bits per heavy atom. The Kier molecular flexibility index (Phi) is 3.14. The van der Waals surface area contributed by atoms with Crippen molar-refractivity contribution in [2.24, 2.45) is 0 Å². The first-order valence-electron chi connectivity index (χ1n) is 5.43. The van der Waals surface area contributed by atoms with Gasteiger partial charge >= 0.3 is 0 Å². The Hall–Kier alpha value is -1.82. The van der Waals surface area contributed by atoms with E-state index in [0.29, 0.717) is 5.69 Å². The van der Waals surface area contributed by atoms with Crippen LogP contribution >= 0.6 is 0 Å². The van der Waals surface area contributed by atoms with Crippen LogP contribution in [-0.4, -0.2) is 31.2 Å². The number of hydrogen-bond donors (Lipinski definition) is 1. The topological polar surface area (TPSA) is 81.6 Å². The molecule has 0 spiro atoms. The van der Waals surface area contributed by atoms with E-state index in [9.17, 15) is 10.1 Å². The average molecular weight is 237 g/mol. The number of anilines is 2. The highest BCUT2D eigenvalue weighted by atomic mass is 16.6. The highest BCUT2D eigenvalue weighted by Crippen LogP contribution is 2.30. The van der Waals surface area contributed by atoms with Crippen molar-refractivity contribution in [2.45, 2.75) is 12.5 Å². The third kappa shape index (κ3) is 2.31. The number of nitrogens with two attached hydrogens (primary N) is 1. The highest BCUT2D eigenvalue weighted by molar-refractivity contribution is 5.71. The monoisotopic (exact) mass is 237 g/mol. The number of methoxy groups -OCH3 is 1. The molecule has 1 heterocycles. The summed E-state index contributed by atoms with van der Waals surface area (Å²) in [6, 6.07) is 4.58. The Labute approximate surface area is 99.1 Å². The summed E-state index contributed by atoms with van der Waals surface area (Å²) in [5.41, 5.74) is 7.14. The van der Waals surface area contributed by atoms with Gasteiger partial charge in [0.1, 0.15) is 0 Å². The van der Waals surface area contributed by atoms with E-state index in [1.165, 1.54) is 12.1 Å². The summed E-state index contributed by atoms with van der Waals surface area (Å²) in [5.74, 6) is 0. The first kappa shape index (κ1) is 11.7. The van der Waals surface area contributed by atoms with Crippen molar-refractivity contribution in [3.05, 3.63) is 28.3 Å². The van der Waals surface area contributed by atoms with Crippen LogP contribution in [0.15, 0.2) is 18.2 Å². The molecule has 0 bridgehead atoms. The predicted octanol–water partition coefficient (Wildman–Crippen LogP) is 1.40. The van der Waals surface area contributed by atoms with Gasteiger partial charge in [-0.05, 0) is 12.5 Å². The molecule has 0 saturated carbocycles. The van der Waals surface area contributed by atoms with E-state index < -0.39 is 4.92 Å². The zero-order valence-corrected chi connectivity index (χ0v) is 9.63. The number of non-ortho nitro benzene ring substituents is 1. The van der Waals surface area contributed by atoms with Crippen LogP contribution < -0.4 is 10.6 Å². The van der Waals surface area contributed by atoms with E-state index in [1.54, 1.807) is 13.2 Å². The van der Waals surface area contributed by atoms with Crippen LogP contribution in [0.4, 0.5) is 17.1 Å². The fraction of sp³-hybridized carbons (Fsp3) is 0.455. The van der Waals surface area contributed by atoms with E-state index in [2.05, 4.69) is 4.90 Å². The third-order valence-corrected chi connectivity index (χ3v) is 3.04. The van der Waals surface area contributed by atoms with E-state index in [4.69, 9.17) is 10.5 Å². The molecule has 1 aromatic carbocycles. The van der Waals surface area contributed by atoms with Crippen molar-refractivity contribution < 1.29 is 9.66 Å². The first-order chi connectivity index (χ1) is 8.11. The van der Waals surface area contributed by atoms with Gasteiger partial charge in [0.05, 0.1) is 22.4 Å². The van der Waals surface area contributed by atoms with Crippen LogP contribution in [0.3, 0.4) is 0 Å². The van der Waals surface area contributed by atoms with E-state index in [1.807, 2.05) is 0 Å². The molecule has 2 rings (SSSR count). The smallest absolute Gasteiger partial charge is 0.271 e. The van der Waals surface area contributed by atoms with Crippen LogP contribution in [0.2, 0.25) is 0 Å². The van der Waals surface area contributed by atoms with Gasteiger partial charge in [0.15, 0.2) is 0 Å². The molecule has 6 heteroatoms. The lowest BCUT2D eigenvalue weighted by Crippen LogP contribution is -2.23. The van der Waals surface area contributed by atoms with Gasteiger partial charge in [0.25, 0.3) is 5.69 Å². The maximum absolute atomic E-state index is 10.6. The number of nitrogens with zero attached hydrogens (tertiary/aromatic N) is 2. The second-order valence-corrected chi connectivity index (χ2v) is 4.09. The molecule has 0 amide bonds. The normalized spacial score (nSPS) is 19.6. The lowest BCUT2D eigenvalue weighted by Gasteiger charge is -2.19. The average Bonchev–Trinajstić information content (AvgIpc) is 2.77. The second-order valence-electron chi connectivity index (χ2n) is 4.09. The fourth-order valence-electron chi connectivity index (χ4n) is 2.08. The number of nitrogen functional groups attached to an aromatic ring is 1. The highest BCUT2D eigenvalue weighted by Gasteiger charge is 2.24. The maximum Gasteiger partial charge on any atom is 0.271 e. The van der Waals surface area contributed by atoms with Crippen LogP contribution in [0.25, 0.3) is 0 Å². The second kappa shape index (κ2) is 4.58. The van der Waals surface area contributed by atoms with Crippen molar-refractivity contribution in [3.63, 3.8) is 0 Å². The van der Waals surface area contributed by atoms with Crippen LogP contribution in [-0.2, 0) is 4.74 Å². The quantitative estimate of drug-likeness (QED) is 0.488. The van der Waals surface area contributed by atoms with Crippen molar-refractivity contribution in [1.82, 2.24) is 0 Å². The first-order valence-corrected chi connectivity index (χ1v) is 5.43. The van der Waals surface area contributed by atoms with Crippen LogP contribution in [0.1, 0.15) is 6.42 Å². The van der Waals surface area contributed by atoms with Gasteiger partial charge in [0, 0.05) is 32.3 Å². The molecule has 6 nitrogen and oxygen atoms in total. The molecule has 0 aromatic heterocycles. The zero-order chi connectivity index (χ0) is 12.4. The molecule has 92 valence electrons. The molecular formula is C11H15N3O3. The van der Waals surface area contributed by atoms with Gasteiger partial charge in [0.2, 0.25) is 0 Å². The molecular weight excluding hydrogens is 222 g/mol. The summed E-state index contributed by atoms with van der Waals surface area (Å²) < 4.78 is 5.27. The van der Waals surface area contributed by atoms with Gasteiger partial charge < -0.3 is 15.4 Å². The number of benzene rings is 1. The van der Waals surface area contributed by atoms with Crippen molar-refractivity contribution in [3.8, 4) is 0 Å². The molecule has 1 atom stereocenters. The summed E-state index contributed by atoms with van der Waals surface area (Å²) >= 11 is 0. The molecule has 2 N–H and O–H groups in total. The number of nitro groups is 1. The third-order valence-electron chi connectivity index (χ3n) is 3.04. The molecule has 1 unspecified atom stereocenters. The molecule has 1 saturated heterocycles. The fourth-order valence-corrected chi connectivity index (χ4v) is 2.08. The van der Waals surface area contributed by atoms with Crippen molar-refractivity contribution in [2.75, 3.05) is 30.8 Å². The summed E-state index contributed by atoms with van der Waals surface area (Å²) in [6.45, 7) is 1.64. The Morgan fingerprint density at radius 3 is 2.88 bits per heavy atom. The molecule has 0 radical (unpaired) electrons. The number of nitro benzene ring substituents is 1. The van der Waals surface area contributed by atoms with Gasteiger partial charge in [-0.25, -0.2) is 0 Å². The van der Waals surface area contributed by atoms with Gasteiger partial charge in [-0.2, -0.15) is 0 Å². The van der Waals surface area contributed by atoms with Gasteiger partial charge in [-0.15, -0.1) is 0 Å². The molecule has 1 aliphatic rings. The lowest BCUT2D eigenvalue weighted by atomic mass is 10.2. The summed E-state index contributed by atoms with van der Waals surface area (Å²) in [7, 11) is 1.69. The molecule has 0 aliphatic carbocycles. The Bertz CT molecular complexity index is 436. The van der Waals surface area contributed by atoms with Crippen LogP contribution in [0, 0.1) is 10.1 Å². The molecule has 17 heavy (non-hydrogen) atoms. The predicted molar refractivity (Wildman–Crippen MR) is 65.1 cm³/mol. The SMILES string of the molecule is COC1CCN(c2ccc([N+](=O)[O-])cc2N)C1. The van der Waals surface area contributed by atoms with E-state index in [0.717, 1.165) is 25.2 Å². The summed E-state index contributed by atoms with van der Waals surface area (Å²) in [6.07, 6.45) is 1.16. The number of hydrogen-bond acceptors (Lipinski definition) is 5. The summed E-state index contributed by atoms with van der Waals surface area (Å²) in [4.78, 5) is 12.2.